The van der Waals surface area contributed by atoms with Crippen LogP contribution in [0.15, 0.2) is 18.2 Å². The van der Waals surface area contributed by atoms with Crippen molar-refractivity contribution in [1.82, 2.24) is 5.32 Å². The summed E-state index contributed by atoms with van der Waals surface area (Å²) >= 11 is 0. The number of nitro groups is 1. The number of nitrogens with one attached hydrogen (secondary N) is 1. The van der Waals surface area contributed by atoms with Crippen LogP contribution in [0.5, 0.6) is 11.5 Å². The Morgan fingerprint density at radius 3 is 2.62 bits per heavy atom. The summed E-state index contributed by atoms with van der Waals surface area (Å²) in [6.45, 7) is 5.17. The Hall–Kier alpha value is -3.10. The van der Waals surface area contributed by atoms with Crippen molar-refractivity contribution < 1.29 is 28.7 Å². The van der Waals surface area contributed by atoms with E-state index in [0.717, 1.165) is 12.5 Å². The Balaban J connectivity index is 2.00. The second-order valence-corrected chi connectivity index (χ2v) is 6.25. The van der Waals surface area contributed by atoms with Crippen LogP contribution in [-0.4, -0.2) is 35.7 Å². The molecule has 0 fully saturated rings. The van der Waals surface area contributed by atoms with Crippen molar-refractivity contribution >= 4 is 23.6 Å². The standard InChI is InChI=1S/C17H20N2O7/c1-4-17(2,3)18-15(20)9-24-16(21)6-5-11-7-13-14(26-10-25-13)8-12(11)19(22)23/h5-8H,4,9-10H2,1-3H3,(H,18,20)/b6-5+. The van der Waals surface area contributed by atoms with E-state index in [0.29, 0.717) is 5.75 Å². The van der Waals surface area contributed by atoms with E-state index in [1.165, 1.54) is 18.2 Å². The number of hydrogen-bond acceptors (Lipinski definition) is 7. The van der Waals surface area contributed by atoms with E-state index in [4.69, 9.17) is 14.2 Å². The summed E-state index contributed by atoms with van der Waals surface area (Å²) in [4.78, 5) is 34.1. The van der Waals surface area contributed by atoms with Gasteiger partial charge in [-0.3, -0.25) is 14.9 Å². The van der Waals surface area contributed by atoms with Gasteiger partial charge in [-0.15, -0.1) is 0 Å². The molecule has 1 amide bonds. The first-order chi connectivity index (χ1) is 12.2. The predicted octanol–water partition coefficient (Wildman–Crippen LogP) is 2.18. The fourth-order valence-electron chi connectivity index (χ4n) is 2.08. The molecule has 0 radical (unpaired) electrons. The van der Waals surface area contributed by atoms with Crippen molar-refractivity contribution in [3.05, 3.63) is 33.9 Å². The minimum Gasteiger partial charge on any atom is -0.454 e. The van der Waals surface area contributed by atoms with Crippen molar-refractivity contribution in [1.29, 1.82) is 0 Å². The van der Waals surface area contributed by atoms with E-state index in [-0.39, 0.29) is 23.8 Å². The third-order valence-electron chi connectivity index (χ3n) is 3.82. The number of carbonyl (C=O) groups excluding carboxylic acids is 2. The monoisotopic (exact) mass is 364 g/mol. The topological polar surface area (TPSA) is 117 Å². The van der Waals surface area contributed by atoms with Crippen LogP contribution >= 0.6 is 0 Å². The van der Waals surface area contributed by atoms with Gasteiger partial charge in [-0.25, -0.2) is 4.79 Å². The second kappa shape index (κ2) is 7.85. The van der Waals surface area contributed by atoms with Crippen molar-refractivity contribution in [2.45, 2.75) is 32.7 Å². The summed E-state index contributed by atoms with van der Waals surface area (Å²) in [5, 5.41) is 13.9. The minimum atomic E-state index is -0.790. The van der Waals surface area contributed by atoms with Gasteiger partial charge < -0.3 is 19.5 Å². The smallest absolute Gasteiger partial charge is 0.331 e. The molecule has 0 saturated heterocycles. The molecule has 1 heterocycles. The number of carbonyl (C=O) groups is 2. The zero-order valence-electron chi connectivity index (χ0n) is 14.7. The zero-order valence-corrected chi connectivity index (χ0v) is 14.7. The van der Waals surface area contributed by atoms with Gasteiger partial charge in [0.2, 0.25) is 6.79 Å². The third kappa shape index (κ3) is 4.95. The van der Waals surface area contributed by atoms with Crippen molar-refractivity contribution in [3.63, 3.8) is 0 Å². The summed E-state index contributed by atoms with van der Waals surface area (Å²) in [6.07, 6.45) is 2.97. The molecule has 26 heavy (non-hydrogen) atoms. The van der Waals surface area contributed by atoms with Crippen LogP contribution in [-0.2, 0) is 14.3 Å². The van der Waals surface area contributed by atoms with Gasteiger partial charge >= 0.3 is 5.97 Å². The van der Waals surface area contributed by atoms with Crippen molar-refractivity contribution in [2.75, 3.05) is 13.4 Å². The Morgan fingerprint density at radius 2 is 2.00 bits per heavy atom. The maximum absolute atomic E-state index is 11.8. The molecule has 140 valence electrons. The lowest BCUT2D eigenvalue weighted by Crippen LogP contribution is -2.44. The van der Waals surface area contributed by atoms with Gasteiger partial charge in [-0.2, -0.15) is 0 Å². The highest BCUT2D eigenvalue weighted by Crippen LogP contribution is 2.38. The molecule has 0 atom stereocenters. The quantitative estimate of drug-likeness (QED) is 0.341. The summed E-state index contributed by atoms with van der Waals surface area (Å²) in [5.41, 5.74) is -0.472. The molecule has 0 spiro atoms. The van der Waals surface area contributed by atoms with E-state index >= 15 is 0 Å². The molecule has 1 aliphatic heterocycles. The third-order valence-corrected chi connectivity index (χ3v) is 3.82. The number of hydrogen-bond donors (Lipinski definition) is 1. The van der Waals surface area contributed by atoms with Crippen LogP contribution in [0, 0.1) is 10.1 Å². The lowest BCUT2D eigenvalue weighted by atomic mass is 10.0. The molecular formula is C17H20N2O7. The van der Waals surface area contributed by atoms with Crippen LogP contribution in [0.2, 0.25) is 0 Å². The molecule has 0 bridgehead atoms. The number of nitrogens with zero attached hydrogens (tertiary/aromatic N) is 1. The minimum absolute atomic E-state index is 0.0229. The largest absolute Gasteiger partial charge is 0.454 e. The van der Waals surface area contributed by atoms with E-state index in [2.05, 4.69) is 5.32 Å². The summed E-state index contributed by atoms with van der Waals surface area (Å²) in [7, 11) is 0. The van der Waals surface area contributed by atoms with Gasteiger partial charge in [0, 0.05) is 11.6 Å². The summed E-state index contributed by atoms with van der Waals surface area (Å²) in [6, 6.07) is 2.63. The number of rotatable bonds is 7. The Morgan fingerprint density at radius 1 is 1.35 bits per heavy atom. The normalized spacial score (nSPS) is 12.9. The molecule has 1 aliphatic rings. The van der Waals surface area contributed by atoms with Gasteiger partial charge in [0.25, 0.3) is 11.6 Å². The Bertz CT molecular complexity index is 756. The Kier molecular flexibility index (Phi) is 5.81. The predicted molar refractivity (Wildman–Crippen MR) is 91.7 cm³/mol. The maximum atomic E-state index is 11.8. The molecule has 1 aromatic rings. The molecule has 0 saturated carbocycles. The van der Waals surface area contributed by atoms with Gasteiger partial charge in [-0.05, 0) is 32.4 Å². The van der Waals surface area contributed by atoms with Crippen LogP contribution in [0.25, 0.3) is 6.08 Å². The van der Waals surface area contributed by atoms with E-state index < -0.39 is 28.9 Å². The van der Waals surface area contributed by atoms with E-state index in [1.807, 2.05) is 20.8 Å². The first-order valence-electron chi connectivity index (χ1n) is 7.95. The lowest BCUT2D eigenvalue weighted by Gasteiger charge is -2.24. The molecular weight excluding hydrogens is 344 g/mol. The van der Waals surface area contributed by atoms with Crippen LogP contribution in [0.4, 0.5) is 5.69 Å². The number of amides is 1. The van der Waals surface area contributed by atoms with Crippen molar-refractivity contribution in [2.24, 2.45) is 0 Å². The summed E-state index contributed by atoms with van der Waals surface area (Å²) < 4.78 is 15.1. The first kappa shape index (κ1) is 19.2. The average molecular weight is 364 g/mol. The van der Waals surface area contributed by atoms with Crippen LogP contribution < -0.4 is 14.8 Å². The number of ether oxygens (including phenoxy) is 3. The SMILES string of the molecule is CCC(C)(C)NC(=O)COC(=O)/C=C/c1cc2c(cc1[N+](=O)[O-])OCO2. The fourth-order valence-corrected chi connectivity index (χ4v) is 2.08. The molecule has 2 rings (SSSR count). The second-order valence-electron chi connectivity index (χ2n) is 6.25. The number of fused-ring (bicyclic) bond motifs is 1. The van der Waals surface area contributed by atoms with Crippen LogP contribution in [0.1, 0.15) is 32.8 Å². The molecule has 1 aromatic carbocycles. The summed E-state index contributed by atoms with van der Waals surface area (Å²) in [5.74, 6) is -0.592. The zero-order chi connectivity index (χ0) is 19.3. The lowest BCUT2D eigenvalue weighted by molar-refractivity contribution is -0.385. The van der Waals surface area contributed by atoms with E-state index in [1.54, 1.807) is 0 Å². The van der Waals surface area contributed by atoms with Crippen molar-refractivity contribution in [3.8, 4) is 11.5 Å². The number of nitro benzene ring substituents is 1. The van der Waals surface area contributed by atoms with Gasteiger partial charge in [0.15, 0.2) is 18.1 Å². The van der Waals surface area contributed by atoms with Gasteiger partial charge in [0.05, 0.1) is 16.6 Å². The Labute approximate surface area is 150 Å². The highest BCUT2D eigenvalue weighted by molar-refractivity contribution is 5.90. The highest BCUT2D eigenvalue weighted by Gasteiger charge is 2.22. The van der Waals surface area contributed by atoms with E-state index in [9.17, 15) is 19.7 Å². The molecule has 0 aliphatic carbocycles. The highest BCUT2D eigenvalue weighted by atomic mass is 16.7. The molecule has 9 nitrogen and oxygen atoms in total. The van der Waals surface area contributed by atoms with Crippen LogP contribution in [0.3, 0.4) is 0 Å². The van der Waals surface area contributed by atoms with Gasteiger partial charge in [-0.1, -0.05) is 6.92 Å². The maximum Gasteiger partial charge on any atom is 0.331 e. The van der Waals surface area contributed by atoms with Gasteiger partial charge in [0.1, 0.15) is 0 Å². The first-order valence-corrected chi connectivity index (χ1v) is 7.95. The number of esters is 1. The molecule has 0 aromatic heterocycles. The average Bonchev–Trinajstić information content (AvgIpc) is 3.04. The fraction of sp³-hybridized carbons (Fsp3) is 0.412. The molecule has 9 heteroatoms. The molecule has 0 unspecified atom stereocenters. The number of benzene rings is 1. The molecule has 1 N–H and O–H groups in total.